The van der Waals surface area contributed by atoms with Gasteiger partial charge in [-0.15, -0.1) is 0 Å². The van der Waals surface area contributed by atoms with Gasteiger partial charge in [-0.25, -0.2) is 8.42 Å². The maximum atomic E-state index is 12.1. The highest BCUT2D eigenvalue weighted by atomic mass is 35.7. The topological polar surface area (TPSA) is 54.5 Å². The van der Waals surface area contributed by atoms with Crippen LogP contribution in [0.4, 0.5) is 0 Å². The van der Waals surface area contributed by atoms with E-state index in [9.17, 15) is 13.2 Å². The Bertz CT molecular complexity index is 834. The summed E-state index contributed by atoms with van der Waals surface area (Å²) < 4.78 is 22.9. The van der Waals surface area contributed by atoms with Crippen LogP contribution in [0.15, 0.2) is 42.5 Å². The summed E-state index contributed by atoms with van der Waals surface area (Å²) in [5.74, 6) is -0.171. The molecule has 1 saturated heterocycles. The van der Waals surface area contributed by atoms with Gasteiger partial charge in [-0.2, -0.15) is 0 Å². The molecular formula is C16H16ClNO3S. The maximum Gasteiger partial charge on any atom is 0.237 e. The van der Waals surface area contributed by atoms with Gasteiger partial charge in [0.05, 0.1) is 6.04 Å². The Balaban J connectivity index is 1.89. The van der Waals surface area contributed by atoms with E-state index in [1.54, 1.807) is 4.90 Å². The van der Waals surface area contributed by atoms with E-state index in [0.717, 1.165) is 16.3 Å². The monoisotopic (exact) mass is 337 g/mol. The van der Waals surface area contributed by atoms with Crippen LogP contribution in [-0.2, 0) is 13.8 Å². The second kappa shape index (κ2) is 5.56. The van der Waals surface area contributed by atoms with Crippen molar-refractivity contribution in [2.45, 2.75) is 24.6 Å². The van der Waals surface area contributed by atoms with Gasteiger partial charge in [-0.3, -0.25) is 4.79 Å². The van der Waals surface area contributed by atoms with Crippen molar-refractivity contribution in [2.24, 2.45) is 0 Å². The third-order valence-corrected chi connectivity index (χ3v) is 6.11. The third kappa shape index (κ3) is 2.83. The van der Waals surface area contributed by atoms with Crippen molar-refractivity contribution in [1.82, 2.24) is 4.90 Å². The second-order valence-electron chi connectivity index (χ2n) is 5.63. The molecule has 0 saturated carbocycles. The maximum absolute atomic E-state index is 12.1. The van der Waals surface area contributed by atoms with Crippen LogP contribution in [0.25, 0.3) is 10.8 Å². The molecule has 2 aromatic carbocycles. The van der Waals surface area contributed by atoms with Crippen LogP contribution in [0.5, 0.6) is 0 Å². The number of hydrogen-bond donors (Lipinski definition) is 0. The Morgan fingerprint density at radius 1 is 1.18 bits per heavy atom. The number of fused-ring (bicyclic) bond motifs is 1. The van der Waals surface area contributed by atoms with E-state index in [2.05, 4.69) is 0 Å². The summed E-state index contributed by atoms with van der Waals surface area (Å²) in [5, 5.41) is 1.41. The van der Waals surface area contributed by atoms with Crippen LogP contribution < -0.4 is 0 Å². The average Bonchev–Trinajstić information content (AvgIpc) is 2.88. The van der Waals surface area contributed by atoms with Crippen molar-refractivity contribution in [1.29, 1.82) is 0 Å². The van der Waals surface area contributed by atoms with Gasteiger partial charge in [0.25, 0.3) is 0 Å². The van der Waals surface area contributed by atoms with Gasteiger partial charge >= 0.3 is 0 Å². The van der Waals surface area contributed by atoms with E-state index >= 15 is 0 Å². The smallest absolute Gasteiger partial charge is 0.237 e. The fourth-order valence-corrected chi connectivity index (χ4v) is 3.95. The first-order valence-electron chi connectivity index (χ1n) is 7.08. The van der Waals surface area contributed by atoms with Crippen LogP contribution in [0.3, 0.4) is 0 Å². The molecule has 0 spiro atoms. The van der Waals surface area contributed by atoms with Gasteiger partial charge in [0.1, 0.15) is 5.25 Å². The molecule has 116 valence electrons. The zero-order chi connectivity index (χ0) is 15.9. The first-order valence-corrected chi connectivity index (χ1v) is 9.45. The molecule has 1 heterocycles. The van der Waals surface area contributed by atoms with Crippen LogP contribution >= 0.6 is 10.7 Å². The van der Waals surface area contributed by atoms with E-state index in [4.69, 9.17) is 10.7 Å². The number of rotatable bonds is 3. The largest absolute Gasteiger partial charge is 0.335 e. The lowest BCUT2D eigenvalue weighted by Gasteiger charge is -2.25. The molecule has 0 N–H and O–H groups in total. The molecule has 2 unspecified atom stereocenters. The summed E-state index contributed by atoms with van der Waals surface area (Å²) in [5.41, 5.74) is 0.986. The lowest BCUT2D eigenvalue weighted by molar-refractivity contribution is -0.129. The molecule has 1 fully saturated rings. The Kier molecular flexibility index (Phi) is 3.87. The Morgan fingerprint density at radius 2 is 1.86 bits per heavy atom. The van der Waals surface area contributed by atoms with Crippen molar-refractivity contribution in [2.75, 3.05) is 6.54 Å². The summed E-state index contributed by atoms with van der Waals surface area (Å²) >= 11 is 0. The number of carbonyl (C=O) groups is 1. The molecule has 22 heavy (non-hydrogen) atoms. The first-order chi connectivity index (χ1) is 10.4. The van der Waals surface area contributed by atoms with Crippen molar-refractivity contribution >= 4 is 36.4 Å². The van der Waals surface area contributed by atoms with Gasteiger partial charge in [-0.1, -0.05) is 36.4 Å². The highest BCUT2D eigenvalue weighted by Crippen LogP contribution is 2.30. The van der Waals surface area contributed by atoms with Crippen molar-refractivity contribution in [3.05, 3.63) is 48.0 Å². The molecule has 1 amide bonds. The van der Waals surface area contributed by atoms with E-state index in [0.29, 0.717) is 0 Å². The predicted molar refractivity (Wildman–Crippen MR) is 87.3 cm³/mol. The molecule has 4 nitrogen and oxygen atoms in total. The third-order valence-electron chi connectivity index (χ3n) is 4.24. The molecule has 6 heteroatoms. The number of hydrogen-bond acceptors (Lipinski definition) is 3. The summed E-state index contributed by atoms with van der Waals surface area (Å²) in [6.45, 7) is 2.06. The summed E-state index contributed by atoms with van der Waals surface area (Å²) in [7, 11) is 1.68. The molecular weight excluding hydrogens is 322 g/mol. The Labute approximate surface area is 134 Å². The summed E-state index contributed by atoms with van der Waals surface area (Å²) in [4.78, 5) is 13.7. The van der Waals surface area contributed by atoms with Gasteiger partial charge in [0, 0.05) is 23.6 Å². The van der Waals surface area contributed by atoms with Gasteiger partial charge < -0.3 is 4.90 Å². The fourth-order valence-electron chi connectivity index (χ4n) is 2.91. The zero-order valence-corrected chi connectivity index (χ0v) is 13.6. The summed E-state index contributed by atoms with van der Waals surface area (Å²) in [6, 6.07) is 13.8. The number of nitrogens with zero attached hydrogens (tertiary/aromatic N) is 1. The second-order valence-corrected chi connectivity index (χ2v) is 8.54. The van der Waals surface area contributed by atoms with Crippen LogP contribution in [0, 0.1) is 0 Å². The average molecular weight is 338 g/mol. The van der Waals surface area contributed by atoms with E-state index in [1.165, 1.54) is 0 Å². The minimum atomic E-state index is -3.71. The molecule has 0 radical (unpaired) electrons. The van der Waals surface area contributed by atoms with E-state index in [1.807, 2.05) is 49.4 Å². The SMILES string of the molecule is CC(c1ccc2ccccc2c1)N1CC(S(=O)(=O)Cl)CC1=O. The quantitative estimate of drug-likeness (QED) is 0.809. The Morgan fingerprint density at radius 3 is 2.50 bits per heavy atom. The molecule has 1 aliphatic rings. The van der Waals surface area contributed by atoms with Crippen molar-refractivity contribution in [3.8, 4) is 0 Å². The molecule has 0 aromatic heterocycles. The van der Waals surface area contributed by atoms with Crippen LogP contribution in [0.2, 0.25) is 0 Å². The highest BCUT2D eigenvalue weighted by Gasteiger charge is 2.39. The van der Waals surface area contributed by atoms with Gasteiger partial charge in [0.15, 0.2) is 0 Å². The number of amides is 1. The lowest BCUT2D eigenvalue weighted by atomic mass is 10.0. The van der Waals surface area contributed by atoms with E-state index in [-0.39, 0.29) is 24.9 Å². The van der Waals surface area contributed by atoms with Crippen molar-refractivity contribution < 1.29 is 13.2 Å². The molecule has 2 aromatic rings. The lowest BCUT2D eigenvalue weighted by Crippen LogP contribution is -2.30. The van der Waals surface area contributed by atoms with Crippen LogP contribution in [0.1, 0.15) is 24.9 Å². The summed E-state index contributed by atoms with van der Waals surface area (Å²) in [6.07, 6.45) is -0.0379. The minimum Gasteiger partial charge on any atom is -0.335 e. The highest BCUT2D eigenvalue weighted by molar-refractivity contribution is 8.14. The molecule has 0 bridgehead atoms. The number of benzene rings is 2. The van der Waals surface area contributed by atoms with E-state index < -0.39 is 14.3 Å². The Hall–Kier alpha value is -1.59. The first kappa shape index (κ1) is 15.3. The predicted octanol–water partition coefficient (Wildman–Crippen LogP) is 3.07. The molecule has 3 rings (SSSR count). The molecule has 1 aliphatic heterocycles. The molecule has 0 aliphatic carbocycles. The normalized spacial score (nSPS) is 20.5. The van der Waals surface area contributed by atoms with Gasteiger partial charge in [-0.05, 0) is 29.3 Å². The molecule has 2 atom stereocenters. The van der Waals surface area contributed by atoms with Crippen LogP contribution in [-0.4, -0.2) is 31.0 Å². The number of carbonyl (C=O) groups excluding carboxylic acids is 1. The van der Waals surface area contributed by atoms with Gasteiger partial charge in [0.2, 0.25) is 15.0 Å². The zero-order valence-electron chi connectivity index (χ0n) is 12.1. The van der Waals surface area contributed by atoms with Crippen molar-refractivity contribution in [3.63, 3.8) is 0 Å². The standard InChI is InChI=1S/C16H16ClNO3S/c1-11(18-10-15(9-16(18)19)22(17,20)21)13-7-6-12-4-2-3-5-14(12)8-13/h2-8,11,15H,9-10H2,1H3. The minimum absolute atomic E-state index is 0.0379. The number of halogens is 1. The fraction of sp³-hybridized carbons (Fsp3) is 0.312. The number of likely N-dealkylation sites (tertiary alicyclic amines) is 1.